The number of hydrogen-bond acceptors (Lipinski definition) is 6. The smallest absolute Gasteiger partial charge is 0.330 e. The van der Waals surface area contributed by atoms with Gasteiger partial charge in [0, 0.05) is 25.0 Å². The third kappa shape index (κ3) is 9.91. The highest BCUT2D eigenvalue weighted by molar-refractivity contribution is 5.81. The topological polar surface area (TPSA) is 71.1 Å². The molecule has 0 spiro atoms. The van der Waals surface area contributed by atoms with Crippen LogP contribution in [0.4, 0.5) is 0 Å². The van der Waals surface area contributed by atoms with E-state index < -0.39 is 11.9 Å². The highest BCUT2D eigenvalue weighted by Gasteiger charge is 2.01. The van der Waals surface area contributed by atoms with Crippen molar-refractivity contribution < 1.29 is 28.5 Å². The maximum Gasteiger partial charge on any atom is 0.330 e. The molecule has 0 atom stereocenters. The van der Waals surface area contributed by atoms with Crippen molar-refractivity contribution in [3.63, 3.8) is 0 Å². The van der Waals surface area contributed by atoms with Crippen LogP contribution >= 0.6 is 0 Å². The van der Waals surface area contributed by atoms with Crippen LogP contribution < -0.4 is 9.47 Å². The van der Waals surface area contributed by atoms with Gasteiger partial charge in [0.1, 0.15) is 11.5 Å². The van der Waals surface area contributed by atoms with Crippen LogP contribution in [0.3, 0.4) is 0 Å². The number of allylic oxidation sites excluding steroid dienone is 1. The van der Waals surface area contributed by atoms with E-state index in [9.17, 15) is 9.59 Å². The zero-order valence-corrected chi connectivity index (χ0v) is 19.0. The average molecular weight is 451 g/mol. The Morgan fingerprint density at radius 1 is 0.727 bits per heavy atom. The molecular formula is C27H30O6. The second kappa shape index (κ2) is 14.3. The molecule has 0 saturated carbocycles. The number of esters is 2. The summed E-state index contributed by atoms with van der Waals surface area (Å²) < 4.78 is 21.2. The summed E-state index contributed by atoms with van der Waals surface area (Å²) >= 11 is 0. The average Bonchev–Trinajstić information content (AvgIpc) is 2.84. The first-order valence-electron chi connectivity index (χ1n) is 10.7. The summed E-state index contributed by atoms with van der Waals surface area (Å²) in [4.78, 5) is 21.9. The van der Waals surface area contributed by atoms with Crippen molar-refractivity contribution in [2.24, 2.45) is 0 Å². The van der Waals surface area contributed by atoms with Crippen molar-refractivity contribution in [2.45, 2.75) is 19.8 Å². The molecule has 33 heavy (non-hydrogen) atoms. The van der Waals surface area contributed by atoms with Gasteiger partial charge in [-0.1, -0.05) is 43.5 Å². The summed E-state index contributed by atoms with van der Waals surface area (Å²) in [6, 6.07) is 15.7. The fraction of sp³-hybridized carbons (Fsp3) is 0.259. The quantitative estimate of drug-likeness (QED) is 0.170. The molecule has 2 aromatic carbocycles. The molecule has 2 aromatic rings. The van der Waals surface area contributed by atoms with Crippen molar-refractivity contribution in [2.75, 3.05) is 26.4 Å². The van der Waals surface area contributed by atoms with Gasteiger partial charge in [-0.15, -0.1) is 0 Å². The molecule has 0 radical (unpaired) electrons. The predicted octanol–water partition coefficient (Wildman–Crippen LogP) is 5.24. The minimum Gasteiger partial charge on any atom is -0.493 e. The van der Waals surface area contributed by atoms with Gasteiger partial charge in [0.25, 0.3) is 0 Å². The van der Waals surface area contributed by atoms with Gasteiger partial charge in [-0.05, 0) is 47.9 Å². The van der Waals surface area contributed by atoms with Crippen LogP contribution in [0.25, 0.3) is 11.6 Å². The third-order valence-corrected chi connectivity index (χ3v) is 4.51. The third-order valence-electron chi connectivity index (χ3n) is 4.51. The van der Waals surface area contributed by atoms with E-state index in [2.05, 4.69) is 26.2 Å². The van der Waals surface area contributed by atoms with Crippen LogP contribution in [0.2, 0.25) is 0 Å². The Balaban J connectivity index is 1.77. The molecule has 0 bridgehead atoms. The Hall–Kier alpha value is -3.80. The van der Waals surface area contributed by atoms with Crippen LogP contribution in [0, 0.1) is 0 Å². The van der Waals surface area contributed by atoms with Crippen molar-refractivity contribution >= 4 is 23.6 Å². The molecule has 0 aliphatic rings. The van der Waals surface area contributed by atoms with E-state index in [1.807, 2.05) is 48.5 Å². The van der Waals surface area contributed by atoms with E-state index in [1.165, 1.54) is 0 Å². The van der Waals surface area contributed by atoms with E-state index in [4.69, 9.17) is 18.9 Å². The molecule has 0 aliphatic heterocycles. The molecule has 0 heterocycles. The Kier molecular flexibility index (Phi) is 11.0. The minimum atomic E-state index is -0.424. The first-order chi connectivity index (χ1) is 16.0. The first-order valence-corrected chi connectivity index (χ1v) is 10.7. The summed E-state index contributed by atoms with van der Waals surface area (Å²) in [5, 5.41) is 0. The highest BCUT2D eigenvalue weighted by atomic mass is 16.5. The molecule has 2 rings (SSSR count). The normalized spacial score (nSPS) is 10.8. The number of hydrogen-bond donors (Lipinski definition) is 0. The predicted molar refractivity (Wildman–Crippen MR) is 129 cm³/mol. The molecule has 0 unspecified atom stereocenters. The standard InChI is InChI=1S/C27H30O6/c1-4-26(28)32-18-6-16-30-24-12-8-22(9-13-24)20-21(3)23-10-14-25(15-11-23)31-17-7-19-33-27(29)5-2/h4-5,8-15,20H,1-2,6-7,16-19H2,3H3/b21-20-. The second-order valence-electron chi connectivity index (χ2n) is 7.07. The maximum atomic E-state index is 11.0. The van der Waals surface area contributed by atoms with E-state index in [-0.39, 0.29) is 0 Å². The molecule has 0 aromatic heterocycles. The van der Waals surface area contributed by atoms with Gasteiger partial charge in [-0.2, -0.15) is 0 Å². The van der Waals surface area contributed by atoms with Crippen LogP contribution in [0.1, 0.15) is 30.9 Å². The van der Waals surface area contributed by atoms with Gasteiger partial charge in [-0.25, -0.2) is 9.59 Å². The van der Waals surface area contributed by atoms with Gasteiger partial charge in [0.15, 0.2) is 0 Å². The molecule has 0 N–H and O–H groups in total. The molecule has 174 valence electrons. The van der Waals surface area contributed by atoms with Crippen molar-refractivity contribution in [1.82, 2.24) is 0 Å². The summed E-state index contributed by atoms with van der Waals surface area (Å²) in [6.07, 6.45) is 5.62. The lowest BCUT2D eigenvalue weighted by atomic mass is 10.0. The largest absolute Gasteiger partial charge is 0.493 e. The van der Waals surface area contributed by atoms with Crippen molar-refractivity contribution in [1.29, 1.82) is 0 Å². The lowest BCUT2D eigenvalue weighted by Crippen LogP contribution is -2.06. The first kappa shape index (κ1) is 25.5. The van der Waals surface area contributed by atoms with Crippen molar-refractivity contribution in [3.8, 4) is 11.5 Å². The Morgan fingerprint density at radius 3 is 1.64 bits per heavy atom. The molecule has 0 saturated heterocycles. The Bertz CT molecular complexity index is 942. The van der Waals surface area contributed by atoms with Crippen LogP contribution in [0.5, 0.6) is 11.5 Å². The highest BCUT2D eigenvalue weighted by Crippen LogP contribution is 2.22. The number of ether oxygens (including phenoxy) is 4. The SMILES string of the molecule is C=CC(=O)OCCCOc1ccc(/C=C(/C)c2ccc(OCCCOC(=O)C=C)cc2)cc1. The van der Waals surface area contributed by atoms with E-state index in [0.717, 1.165) is 40.4 Å². The summed E-state index contributed by atoms with van der Waals surface area (Å²) in [6.45, 7) is 10.3. The van der Waals surface area contributed by atoms with Crippen LogP contribution in [-0.4, -0.2) is 38.4 Å². The molecule has 0 amide bonds. The van der Waals surface area contributed by atoms with E-state index >= 15 is 0 Å². The zero-order chi connectivity index (χ0) is 23.9. The lowest BCUT2D eigenvalue weighted by Gasteiger charge is -2.08. The van der Waals surface area contributed by atoms with Crippen LogP contribution in [-0.2, 0) is 19.1 Å². The number of carbonyl (C=O) groups excluding carboxylic acids is 2. The Labute approximate surface area is 195 Å². The van der Waals surface area contributed by atoms with E-state index in [1.54, 1.807) is 0 Å². The molecular weight excluding hydrogens is 420 g/mol. The molecule has 0 aliphatic carbocycles. The van der Waals surface area contributed by atoms with Gasteiger partial charge < -0.3 is 18.9 Å². The number of benzene rings is 2. The zero-order valence-electron chi connectivity index (χ0n) is 19.0. The maximum absolute atomic E-state index is 11.0. The second-order valence-corrected chi connectivity index (χ2v) is 7.07. The fourth-order valence-electron chi connectivity index (χ4n) is 2.77. The number of carbonyl (C=O) groups is 2. The van der Waals surface area contributed by atoms with Gasteiger partial charge in [0.05, 0.1) is 26.4 Å². The summed E-state index contributed by atoms with van der Waals surface area (Å²) in [7, 11) is 0. The van der Waals surface area contributed by atoms with Crippen molar-refractivity contribution in [3.05, 3.63) is 85.0 Å². The van der Waals surface area contributed by atoms with Gasteiger partial charge in [0.2, 0.25) is 0 Å². The monoisotopic (exact) mass is 450 g/mol. The number of rotatable bonds is 14. The Morgan fingerprint density at radius 2 is 1.18 bits per heavy atom. The lowest BCUT2D eigenvalue weighted by molar-refractivity contribution is -0.138. The molecule has 6 heteroatoms. The minimum absolute atomic E-state index is 0.305. The fourth-order valence-corrected chi connectivity index (χ4v) is 2.77. The van der Waals surface area contributed by atoms with Crippen LogP contribution in [0.15, 0.2) is 73.8 Å². The summed E-state index contributed by atoms with van der Waals surface area (Å²) in [5.41, 5.74) is 3.28. The van der Waals surface area contributed by atoms with Gasteiger partial charge >= 0.3 is 11.9 Å². The molecule has 6 nitrogen and oxygen atoms in total. The molecule has 0 fully saturated rings. The van der Waals surface area contributed by atoms with Gasteiger partial charge in [-0.3, -0.25) is 0 Å². The summed E-state index contributed by atoms with van der Waals surface area (Å²) in [5.74, 6) is 0.683. The van der Waals surface area contributed by atoms with E-state index in [0.29, 0.717) is 39.3 Å².